The van der Waals surface area contributed by atoms with Crippen molar-refractivity contribution in [1.82, 2.24) is 0 Å². The highest BCUT2D eigenvalue weighted by atomic mass is 28.4. The van der Waals surface area contributed by atoms with Crippen molar-refractivity contribution in [3.05, 3.63) is 11.6 Å². The van der Waals surface area contributed by atoms with Gasteiger partial charge in [0.15, 0.2) is 8.32 Å². The van der Waals surface area contributed by atoms with E-state index in [4.69, 9.17) is 9.16 Å². The smallest absolute Gasteiger partial charge is 0.192 e. The largest absolute Gasteiger partial charge is 0.414 e. The molecule has 0 aromatic rings. The van der Waals surface area contributed by atoms with Gasteiger partial charge in [0.05, 0.1) is 12.7 Å². The zero-order valence-electron chi connectivity index (χ0n) is 13.3. The van der Waals surface area contributed by atoms with Gasteiger partial charge in [-0.25, -0.2) is 0 Å². The van der Waals surface area contributed by atoms with Gasteiger partial charge in [-0.1, -0.05) is 40.7 Å². The van der Waals surface area contributed by atoms with Crippen LogP contribution in [0.15, 0.2) is 11.6 Å². The summed E-state index contributed by atoms with van der Waals surface area (Å²) >= 11 is 0. The van der Waals surface area contributed by atoms with Crippen molar-refractivity contribution in [3.8, 4) is 0 Å². The molecule has 0 saturated heterocycles. The van der Waals surface area contributed by atoms with Gasteiger partial charge in [-0.15, -0.1) is 0 Å². The zero-order valence-corrected chi connectivity index (χ0v) is 14.3. The Hall–Kier alpha value is -0.123. The van der Waals surface area contributed by atoms with Crippen LogP contribution in [0.25, 0.3) is 0 Å². The first-order chi connectivity index (χ1) is 8.04. The fourth-order valence-electron chi connectivity index (χ4n) is 1.72. The molecular formula is C15H30O2Si. The van der Waals surface area contributed by atoms with Gasteiger partial charge >= 0.3 is 0 Å². The Morgan fingerprint density at radius 2 is 1.89 bits per heavy atom. The maximum absolute atomic E-state index is 6.25. The van der Waals surface area contributed by atoms with Crippen molar-refractivity contribution in [3.63, 3.8) is 0 Å². The second-order valence-corrected chi connectivity index (χ2v) is 12.1. The first-order valence-electron chi connectivity index (χ1n) is 7.02. The molecule has 3 heteroatoms. The summed E-state index contributed by atoms with van der Waals surface area (Å²) in [6.45, 7) is 18.7. The van der Waals surface area contributed by atoms with Crippen LogP contribution in [0.5, 0.6) is 0 Å². The third-order valence-electron chi connectivity index (χ3n) is 4.32. The number of hydrogen-bond acceptors (Lipinski definition) is 2. The lowest BCUT2D eigenvalue weighted by Crippen LogP contribution is -2.43. The highest BCUT2D eigenvalue weighted by Gasteiger charge is 2.38. The molecule has 0 bridgehead atoms. The summed E-state index contributed by atoms with van der Waals surface area (Å²) in [4.78, 5) is 0. The number of ether oxygens (including phenoxy) is 1. The Labute approximate surface area is 114 Å². The van der Waals surface area contributed by atoms with Crippen LogP contribution in [0.1, 0.15) is 41.5 Å². The Kier molecular flexibility index (Phi) is 4.85. The van der Waals surface area contributed by atoms with Crippen LogP contribution >= 0.6 is 0 Å². The van der Waals surface area contributed by atoms with Crippen molar-refractivity contribution in [2.45, 2.75) is 71.9 Å². The number of hydrogen-bond donors (Lipinski definition) is 0. The predicted molar refractivity (Wildman–Crippen MR) is 80.4 cm³/mol. The molecule has 1 heterocycles. The minimum Gasteiger partial charge on any atom is -0.414 e. The standard InChI is InChI=1S/C15H30O2Si/c1-11(2)13-9-12(3)14(17-13)10-16-18(7,8)15(4,5)6/h9,11,13-14H,10H2,1-8H3/t13-,14-/m1/s1. The van der Waals surface area contributed by atoms with Crippen LogP contribution in [0, 0.1) is 5.92 Å². The second kappa shape index (κ2) is 5.47. The molecule has 0 aliphatic carbocycles. The molecule has 0 aromatic heterocycles. The highest BCUT2D eigenvalue weighted by Crippen LogP contribution is 2.37. The van der Waals surface area contributed by atoms with Crippen LogP contribution in [0.4, 0.5) is 0 Å². The van der Waals surface area contributed by atoms with Gasteiger partial charge in [0, 0.05) is 0 Å². The minimum absolute atomic E-state index is 0.159. The summed E-state index contributed by atoms with van der Waals surface area (Å²) in [5.74, 6) is 0.540. The van der Waals surface area contributed by atoms with E-state index in [1.165, 1.54) is 5.57 Å². The minimum atomic E-state index is -1.66. The van der Waals surface area contributed by atoms with Gasteiger partial charge in [0.1, 0.15) is 6.10 Å². The van der Waals surface area contributed by atoms with Crippen LogP contribution in [-0.2, 0) is 9.16 Å². The summed E-state index contributed by atoms with van der Waals surface area (Å²) in [7, 11) is -1.66. The molecule has 0 saturated carbocycles. The van der Waals surface area contributed by atoms with E-state index in [1.807, 2.05) is 0 Å². The van der Waals surface area contributed by atoms with E-state index in [0.717, 1.165) is 0 Å². The summed E-state index contributed by atoms with van der Waals surface area (Å²) < 4.78 is 12.3. The zero-order chi connectivity index (χ0) is 14.1. The molecule has 0 aromatic carbocycles. The molecule has 0 N–H and O–H groups in total. The molecule has 1 rings (SSSR count). The lowest BCUT2D eigenvalue weighted by atomic mass is 10.1. The maximum Gasteiger partial charge on any atom is 0.192 e. The summed E-state index contributed by atoms with van der Waals surface area (Å²) in [5, 5.41) is 0.265. The van der Waals surface area contributed by atoms with Crippen molar-refractivity contribution < 1.29 is 9.16 Å². The van der Waals surface area contributed by atoms with E-state index in [-0.39, 0.29) is 17.2 Å². The molecule has 0 radical (unpaired) electrons. The fourth-order valence-corrected chi connectivity index (χ4v) is 2.72. The van der Waals surface area contributed by atoms with Crippen molar-refractivity contribution in [2.24, 2.45) is 5.92 Å². The molecule has 0 amide bonds. The van der Waals surface area contributed by atoms with Crippen molar-refractivity contribution >= 4 is 8.32 Å². The van der Waals surface area contributed by atoms with Gasteiger partial charge < -0.3 is 9.16 Å². The lowest BCUT2D eigenvalue weighted by Gasteiger charge is -2.37. The molecule has 0 fully saturated rings. The van der Waals surface area contributed by atoms with E-state index < -0.39 is 8.32 Å². The highest BCUT2D eigenvalue weighted by molar-refractivity contribution is 6.74. The molecule has 106 valence electrons. The monoisotopic (exact) mass is 270 g/mol. The van der Waals surface area contributed by atoms with Crippen molar-refractivity contribution in [1.29, 1.82) is 0 Å². The quantitative estimate of drug-likeness (QED) is 0.557. The second-order valence-electron chi connectivity index (χ2n) is 7.32. The SMILES string of the molecule is CC1=C[C@H](C(C)C)O[C@@H]1CO[Si](C)(C)C(C)(C)C. The van der Waals surface area contributed by atoms with E-state index in [2.05, 4.69) is 60.7 Å². The normalized spacial score (nSPS) is 25.7. The van der Waals surface area contributed by atoms with E-state index in [1.54, 1.807) is 0 Å². The lowest BCUT2D eigenvalue weighted by molar-refractivity contribution is 0.00524. The Balaban J connectivity index is 2.54. The Morgan fingerprint density at radius 1 is 1.33 bits per heavy atom. The summed E-state index contributed by atoms with van der Waals surface area (Å²) in [5.41, 5.74) is 1.33. The first kappa shape index (κ1) is 15.9. The number of rotatable bonds is 4. The Morgan fingerprint density at radius 3 is 2.28 bits per heavy atom. The van der Waals surface area contributed by atoms with Gasteiger partial charge in [-0.2, -0.15) is 0 Å². The van der Waals surface area contributed by atoms with E-state index in [9.17, 15) is 0 Å². The summed E-state index contributed by atoms with van der Waals surface area (Å²) in [6, 6.07) is 0. The van der Waals surface area contributed by atoms with Crippen molar-refractivity contribution in [2.75, 3.05) is 6.61 Å². The van der Waals surface area contributed by atoms with Gasteiger partial charge in [-0.05, 0) is 36.5 Å². The molecule has 2 atom stereocenters. The average Bonchev–Trinajstić information content (AvgIpc) is 2.55. The molecule has 0 spiro atoms. The Bertz CT molecular complexity index is 313. The van der Waals surface area contributed by atoms with Crippen LogP contribution in [0.3, 0.4) is 0 Å². The van der Waals surface area contributed by atoms with Crippen LogP contribution in [0.2, 0.25) is 18.1 Å². The van der Waals surface area contributed by atoms with Gasteiger partial charge in [-0.3, -0.25) is 0 Å². The molecular weight excluding hydrogens is 240 g/mol. The summed E-state index contributed by atoms with van der Waals surface area (Å²) in [6.07, 6.45) is 2.68. The topological polar surface area (TPSA) is 18.5 Å². The van der Waals surface area contributed by atoms with E-state index in [0.29, 0.717) is 12.5 Å². The fraction of sp³-hybridized carbons (Fsp3) is 0.867. The molecule has 0 unspecified atom stereocenters. The molecule has 1 aliphatic heterocycles. The van der Waals surface area contributed by atoms with Crippen LogP contribution in [-0.4, -0.2) is 27.1 Å². The molecule has 18 heavy (non-hydrogen) atoms. The van der Waals surface area contributed by atoms with Gasteiger partial charge in [0.2, 0.25) is 0 Å². The molecule has 1 aliphatic rings. The first-order valence-corrected chi connectivity index (χ1v) is 9.93. The predicted octanol–water partition coefficient (Wildman–Crippen LogP) is 4.38. The average molecular weight is 270 g/mol. The van der Waals surface area contributed by atoms with Gasteiger partial charge in [0.25, 0.3) is 0 Å². The third kappa shape index (κ3) is 3.69. The van der Waals surface area contributed by atoms with Crippen LogP contribution < -0.4 is 0 Å². The van der Waals surface area contributed by atoms with E-state index >= 15 is 0 Å². The third-order valence-corrected chi connectivity index (χ3v) is 8.82. The molecule has 2 nitrogen and oxygen atoms in total. The maximum atomic E-state index is 6.25.